The molecule has 0 saturated carbocycles. The molecule has 0 bridgehead atoms. The first-order valence-corrected chi connectivity index (χ1v) is 8.93. The third-order valence-electron chi connectivity index (χ3n) is 5.33. The number of carboxylic acid groups (broad SMARTS) is 1. The SMILES string of the molecule is Cc1ccc(-n2nc(C(=O)N(C)C(C)(C)C(=O)O)c3c2CCCC3)cc1. The van der Waals surface area contributed by atoms with Gasteiger partial charge in [-0.15, -0.1) is 0 Å². The van der Waals surface area contributed by atoms with Crippen LogP contribution < -0.4 is 0 Å². The Kier molecular flexibility index (Phi) is 4.61. The molecular formula is C20H25N3O3. The van der Waals surface area contributed by atoms with E-state index in [9.17, 15) is 14.7 Å². The second-order valence-electron chi connectivity index (χ2n) is 7.46. The Balaban J connectivity index is 2.07. The molecule has 1 aliphatic carbocycles. The predicted octanol–water partition coefficient (Wildman–Crippen LogP) is 2.99. The van der Waals surface area contributed by atoms with Crippen molar-refractivity contribution in [2.24, 2.45) is 0 Å². The van der Waals surface area contributed by atoms with Gasteiger partial charge in [0, 0.05) is 18.3 Å². The molecule has 0 atom stereocenters. The number of amides is 1. The van der Waals surface area contributed by atoms with Gasteiger partial charge in [-0.25, -0.2) is 9.48 Å². The maximum absolute atomic E-state index is 13.1. The lowest BCUT2D eigenvalue weighted by Crippen LogP contribution is -2.51. The third-order valence-corrected chi connectivity index (χ3v) is 5.33. The number of aryl methyl sites for hydroxylation is 1. The Hall–Kier alpha value is -2.63. The summed E-state index contributed by atoms with van der Waals surface area (Å²) in [5.74, 6) is -1.39. The van der Waals surface area contributed by atoms with Crippen molar-refractivity contribution in [3.8, 4) is 5.69 Å². The molecule has 1 amide bonds. The van der Waals surface area contributed by atoms with Crippen LogP contribution >= 0.6 is 0 Å². The van der Waals surface area contributed by atoms with E-state index in [0.29, 0.717) is 5.69 Å². The normalized spacial score (nSPS) is 14.0. The van der Waals surface area contributed by atoms with Gasteiger partial charge < -0.3 is 10.0 Å². The van der Waals surface area contributed by atoms with Crippen molar-refractivity contribution in [1.29, 1.82) is 0 Å². The zero-order chi connectivity index (χ0) is 19.1. The van der Waals surface area contributed by atoms with Crippen LogP contribution in [0.4, 0.5) is 0 Å². The highest BCUT2D eigenvalue weighted by Crippen LogP contribution is 2.29. The first-order valence-electron chi connectivity index (χ1n) is 8.93. The average Bonchev–Trinajstić information content (AvgIpc) is 3.00. The smallest absolute Gasteiger partial charge is 0.329 e. The van der Waals surface area contributed by atoms with Crippen LogP contribution in [0.5, 0.6) is 0 Å². The molecule has 0 radical (unpaired) electrons. The van der Waals surface area contributed by atoms with Crippen molar-refractivity contribution in [3.05, 3.63) is 46.8 Å². The summed E-state index contributed by atoms with van der Waals surface area (Å²) in [6, 6.07) is 8.04. The first kappa shape index (κ1) is 18.2. The summed E-state index contributed by atoms with van der Waals surface area (Å²) in [5.41, 5.74) is 3.17. The number of aromatic nitrogens is 2. The topological polar surface area (TPSA) is 75.4 Å². The molecule has 0 spiro atoms. The number of benzene rings is 1. The summed E-state index contributed by atoms with van der Waals surface area (Å²) >= 11 is 0. The van der Waals surface area contributed by atoms with E-state index in [2.05, 4.69) is 5.10 Å². The van der Waals surface area contributed by atoms with Crippen LogP contribution in [0.2, 0.25) is 0 Å². The van der Waals surface area contributed by atoms with Gasteiger partial charge in [-0.2, -0.15) is 5.10 Å². The van der Waals surface area contributed by atoms with Gasteiger partial charge in [-0.3, -0.25) is 4.79 Å². The summed E-state index contributed by atoms with van der Waals surface area (Å²) in [7, 11) is 1.52. The van der Waals surface area contributed by atoms with Crippen LogP contribution in [0, 0.1) is 6.92 Å². The molecule has 1 heterocycles. The van der Waals surface area contributed by atoms with Crippen molar-refractivity contribution < 1.29 is 14.7 Å². The summed E-state index contributed by atoms with van der Waals surface area (Å²) in [6.07, 6.45) is 3.74. The number of nitrogens with zero attached hydrogens (tertiary/aromatic N) is 3. The number of hydrogen-bond donors (Lipinski definition) is 1. The van der Waals surface area contributed by atoms with E-state index in [1.165, 1.54) is 25.8 Å². The fourth-order valence-corrected chi connectivity index (χ4v) is 3.23. The van der Waals surface area contributed by atoms with Gasteiger partial charge in [0.1, 0.15) is 5.54 Å². The second-order valence-corrected chi connectivity index (χ2v) is 7.46. The van der Waals surface area contributed by atoms with Crippen LogP contribution in [0.1, 0.15) is 54.0 Å². The van der Waals surface area contributed by atoms with Crippen molar-refractivity contribution in [2.75, 3.05) is 7.05 Å². The molecule has 0 saturated heterocycles. The Morgan fingerprint density at radius 1 is 1.15 bits per heavy atom. The van der Waals surface area contributed by atoms with Gasteiger partial charge in [0.05, 0.1) is 5.69 Å². The van der Waals surface area contributed by atoms with Crippen molar-refractivity contribution in [3.63, 3.8) is 0 Å². The maximum Gasteiger partial charge on any atom is 0.329 e. The fraction of sp³-hybridized carbons (Fsp3) is 0.450. The molecule has 0 aliphatic heterocycles. The minimum atomic E-state index is -1.30. The molecule has 138 valence electrons. The molecule has 1 aromatic heterocycles. The first-order chi connectivity index (χ1) is 12.2. The standard InChI is InChI=1S/C20H25N3O3/c1-13-9-11-14(12-10-13)23-16-8-6-5-7-15(16)17(21-23)18(24)22(4)20(2,3)19(25)26/h9-12H,5-8H2,1-4H3,(H,25,26). The lowest BCUT2D eigenvalue weighted by atomic mass is 9.94. The zero-order valence-electron chi connectivity index (χ0n) is 15.7. The van der Waals surface area contributed by atoms with E-state index in [4.69, 9.17) is 0 Å². The van der Waals surface area contributed by atoms with Gasteiger partial charge in [0.25, 0.3) is 5.91 Å². The minimum absolute atomic E-state index is 0.346. The third kappa shape index (κ3) is 3.00. The molecule has 3 rings (SSSR count). The summed E-state index contributed by atoms with van der Waals surface area (Å²) in [6.45, 7) is 5.08. The van der Waals surface area contributed by atoms with Crippen molar-refractivity contribution >= 4 is 11.9 Å². The van der Waals surface area contributed by atoms with Crippen LogP contribution in [-0.4, -0.2) is 44.3 Å². The Labute approximate surface area is 153 Å². The van der Waals surface area contributed by atoms with E-state index in [1.807, 2.05) is 35.9 Å². The number of likely N-dealkylation sites (N-methyl/N-ethyl adjacent to an activating group) is 1. The lowest BCUT2D eigenvalue weighted by Gasteiger charge is -2.31. The molecule has 1 aromatic carbocycles. The highest BCUT2D eigenvalue weighted by atomic mass is 16.4. The summed E-state index contributed by atoms with van der Waals surface area (Å²) < 4.78 is 1.85. The Morgan fingerprint density at radius 2 is 1.77 bits per heavy atom. The van der Waals surface area contributed by atoms with Gasteiger partial charge in [-0.1, -0.05) is 17.7 Å². The zero-order valence-corrected chi connectivity index (χ0v) is 15.7. The van der Waals surface area contributed by atoms with E-state index >= 15 is 0 Å². The Bertz CT molecular complexity index is 850. The number of rotatable bonds is 4. The van der Waals surface area contributed by atoms with Gasteiger partial charge in [0.15, 0.2) is 5.69 Å². The van der Waals surface area contributed by atoms with Crippen molar-refractivity contribution in [1.82, 2.24) is 14.7 Å². The molecule has 1 N–H and O–H groups in total. The van der Waals surface area contributed by atoms with E-state index in [1.54, 1.807) is 0 Å². The molecule has 6 nitrogen and oxygen atoms in total. The Morgan fingerprint density at radius 3 is 2.38 bits per heavy atom. The van der Waals surface area contributed by atoms with Crippen LogP contribution in [0.15, 0.2) is 24.3 Å². The number of carboxylic acids is 1. The van der Waals surface area contributed by atoms with E-state index in [-0.39, 0.29) is 5.91 Å². The van der Waals surface area contributed by atoms with Crippen LogP contribution in [0.25, 0.3) is 5.69 Å². The number of carbonyl (C=O) groups is 2. The molecule has 1 aliphatic rings. The summed E-state index contributed by atoms with van der Waals surface area (Å²) in [4.78, 5) is 25.8. The predicted molar refractivity (Wildman–Crippen MR) is 98.8 cm³/mol. The highest BCUT2D eigenvalue weighted by Gasteiger charge is 2.38. The molecule has 0 fully saturated rings. The monoisotopic (exact) mass is 355 g/mol. The molecular weight excluding hydrogens is 330 g/mol. The molecule has 0 unspecified atom stereocenters. The van der Waals surface area contributed by atoms with Crippen LogP contribution in [-0.2, 0) is 17.6 Å². The summed E-state index contributed by atoms with van der Waals surface area (Å²) in [5, 5.41) is 14.1. The van der Waals surface area contributed by atoms with Gasteiger partial charge in [0.2, 0.25) is 0 Å². The molecule has 6 heteroatoms. The minimum Gasteiger partial charge on any atom is -0.480 e. The van der Waals surface area contributed by atoms with E-state index < -0.39 is 11.5 Å². The highest BCUT2D eigenvalue weighted by molar-refractivity contribution is 5.97. The second kappa shape index (κ2) is 6.59. The fourth-order valence-electron chi connectivity index (χ4n) is 3.23. The largest absolute Gasteiger partial charge is 0.480 e. The van der Waals surface area contributed by atoms with Crippen molar-refractivity contribution in [2.45, 2.75) is 52.0 Å². The number of carbonyl (C=O) groups excluding carboxylic acids is 1. The number of aliphatic carboxylic acids is 1. The van der Waals surface area contributed by atoms with Gasteiger partial charge in [-0.05, 0) is 58.6 Å². The number of fused-ring (bicyclic) bond motifs is 1. The molecule has 2 aromatic rings. The van der Waals surface area contributed by atoms with E-state index in [0.717, 1.165) is 48.2 Å². The quantitative estimate of drug-likeness (QED) is 0.915. The number of hydrogen-bond acceptors (Lipinski definition) is 3. The molecule has 26 heavy (non-hydrogen) atoms. The maximum atomic E-state index is 13.1. The van der Waals surface area contributed by atoms with Crippen LogP contribution in [0.3, 0.4) is 0 Å². The average molecular weight is 355 g/mol. The lowest BCUT2D eigenvalue weighted by molar-refractivity contribution is -0.147. The van der Waals surface area contributed by atoms with Gasteiger partial charge >= 0.3 is 5.97 Å².